The van der Waals surface area contributed by atoms with E-state index in [0.717, 1.165) is 30.2 Å². The number of ether oxygens (including phenoxy) is 1. The molecule has 2 aromatic heterocycles. The largest absolute Gasteiger partial charge is 0.452 e. The molecule has 0 spiro atoms. The van der Waals surface area contributed by atoms with Gasteiger partial charge >= 0.3 is 5.97 Å². The lowest BCUT2D eigenvalue weighted by molar-refractivity contribution is -0.124. The van der Waals surface area contributed by atoms with Gasteiger partial charge in [0.1, 0.15) is 0 Å². The highest BCUT2D eigenvalue weighted by atomic mass is 32.1. The Kier molecular flexibility index (Phi) is 5.48. The lowest BCUT2D eigenvalue weighted by atomic mass is 9.87. The summed E-state index contributed by atoms with van der Waals surface area (Å²) in [5, 5.41) is 5.89. The Balaban J connectivity index is 1.34. The van der Waals surface area contributed by atoms with Crippen molar-refractivity contribution in [2.75, 3.05) is 13.2 Å². The van der Waals surface area contributed by atoms with Crippen LogP contribution in [0.4, 0.5) is 0 Å². The van der Waals surface area contributed by atoms with Gasteiger partial charge in [-0.25, -0.2) is 4.79 Å². The monoisotopic (exact) mass is 396 g/mol. The van der Waals surface area contributed by atoms with E-state index in [1.807, 2.05) is 29.6 Å². The molecule has 1 atom stereocenters. The number of carbonyl (C=O) groups is 2. The number of hydrogen-bond acceptors (Lipinski definition) is 4. The van der Waals surface area contributed by atoms with E-state index >= 15 is 0 Å². The number of aryl methyl sites for hydroxylation is 1. The Hall–Kier alpha value is -2.60. The first kappa shape index (κ1) is 18.7. The second-order valence-electron chi connectivity index (χ2n) is 7.45. The van der Waals surface area contributed by atoms with Gasteiger partial charge in [-0.05, 0) is 66.8 Å². The second kappa shape index (κ2) is 8.19. The van der Waals surface area contributed by atoms with E-state index < -0.39 is 5.97 Å². The molecule has 0 radical (unpaired) electrons. The summed E-state index contributed by atoms with van der Waals surface area (Å²) in [6, 6.07) is 9.59. The molecule has 2 N–H and O–H groups in total. The summed E-state index contributed by atoms with van der Waals surface area (Å²) in [6.45, 7) is 2.54. The first-order chi connectivity index (χ1) is 13.6. The zero-order chi connectivity index (χ0) is 19.5. The quantitative estimate of drug-likeness (QED) is 0.622. The average molecular weight is 397 g/mol. The summed E-state index contributed by atoms with van der Waals surface area (Å²) in [6.07, 6.45) is 4.05. The van der Waals surface area contributed by atoms with E-state index in [1.54, 1.807) is 17.4 Å². The first-order valence-electron chi connectivity index (χ1n) is 9.70. The molecule has 0 saturated heterocycles. The van der Waals surface area contributed by atoms with Crippen LogP contribution >= 0.6 is 11.3 Å². The average Bonchev–Trinajstić information content (AvgIpc) is 3.33. The number of carbonyl (C=O) groups excluding carboxylic acids is 2. The summed E-state index contributed by atoms with van der Waals surface area (Å²) in [7, 11) is 0. The molecule has 5 nitrogen and oxygen atoms in total. The maximum absolute atomic E-state index is 12.4. The molecular formula is C22H24N2O3S. The van der Waals surface area contributed by atoms with Crippen molar-refractivity contribution in [1.29, 1.82) is 0 Å². The van der Waals surface area contributed by atoms with Crippen LogP contribution in [0.1, 0.15) is 39.8 Å². The van der Waals surface area contributed by atoms with E-state index in [9.17, 15) is 9.59 Å². The minimum Gasteiger partial charge on any atom is -0.452 e. The molecule has 0 bridgehead atoms. The lowest BCUT2D eigenvalue weighted by Crippen LogP contribution is -2.30. The van der Waals surface area contributed by atoms with Gasteiger partial charge in [0, 0.05) is 28.0 Å². The number of aromatic nitrogens is 1. The second-order valence-corrected chi connectivity index (χ2v) is 8.48. The molecule has 1 aliphatic rings. The molecule has 4 rings (SSSR count). The predicted octanol–water partition coefficient (Wildman–Crippen LogP) is 3.87. The number of nitrogens with one attached hydrogen (secondary N) is 2. The Bertz CT molecular complexity index is 991. The highest BCUT2D eigenvalue weighted by Crippen LogP contribution is 2.32. The number of H-pyrrole nitrogens is 1. The van der Waals surface area contributed by atoms with Gasteiger partial charge in [-0.15, -0.1) is 11.3 Å². The van der Waals surface area contributed by atoms with Gasteiger partial charge in [0.2, 0.25) is 0 Å². The van der Waals surface area contributed by atoms with E-state index in [-0.39, 0.29) is 12.5 Å². The van der Waals surface area contributed by atoms with Crippen LogP contribution in [-0.2, 0) is 28.8 Å². The fraction of sp³-hybridized carbons (Fsp3) is 0.364. The Morgan fingerprint density at radius 2 is 2.21 bits per heavy atom. The summed E-state index contributed by atoms with van der Waals surface area (Å²) >= 11 is 1.66. The number of benzene rings is 1. The molecule has 1 aliphatic carbocycles. The van der Waals surface area contributed by atoms with Crippen LogP contribution in [0, 0.1) is 5.92 Å². The van der Waals surface area contributed by atoms with E-state index in [2.05, 4.69) is 17.2 Å². The Morgan fingerprint density at radius 3 is 3.04 bits per heavy atom. The highest BCUT2D eigenvalue weighted by molar-refractivity contribution is 7.09. The summed E-state index contributed by atoms with van der Waals surface area (Å²) < 4.78 is 5.21. The predicted molar refractivity (Wildman–Crippen MR) is 111 cm³/mol. The summed E-state index contributed by atoms with van der Waals surface area (Å²) in [5.74, 6) is -0.0899. The number of hydrogen-bond donors (Lipinski definition) is 2. The van der Waals surface area contributed by atoms with Gasteiger partial charge in [-0.2, -0.15) is 0 Å². The number of fused-ring (bicyclic) bond motifs is 3. The Labute approximate surface area is 168 Å². The normalized spacial score (nSPS) is 16.0. The van der Waals surface area contributed by atoms with Crippen molar-refractivity contribution in [3.63, 3.8) is 0 Å². The molecule has 146 valence electrons. The summed E-state index contributed by atoms with van der Waals surface area (Å²) in [5.41, 5.74) is 4.14. The molecule has 0 saturated carbocycles. The van der Waals surface area contributed by atoms with E-state index in [0.29, 0.717) is 18.0 Å². The SMILES string of the molecule is CC1CCc2[nH]c3ccc(C(=O)OCC(=O)NCCc4cccs4)cc3c2C1. The van der Waals surface area contributed by atoms with Crippen molar-refractivity contribution in [1.82, 2.24) is 10.3 Å². The van der Waals surface area contributed by atoms with Crippen molar-refractivity contribution in [3.8, 4) is 0 Å². The smallest absolute Gasteiger partial charge is 0.338 e. The van der Waals surface area contributed by atoms with Crippen molar-refractivity contribution >= 4 is 34.1 Å². The highest BCUT2D eigenvalue weighted by Gasteiger charge is 2.21. The fourth-order valence-electron chi connectivity index (χ4n) is 3.76. The van der Waals surface area contributed by atoms with E-state index in [1.165, 1.54) is 22.6 Å². The van der Waals surface area contributed by atoms with Crippen LogP contribution in [0.5, 0.6) is 0 Å². The van der Waals surface area contributed by atoms with Crippen LogP contribution in [0.15, 0.2) is 35.7 Å². The number of rotatable bonds is 6. The maximum Gasteiger partial charge on any atom is 0.338 e. The topological polar surface area (TPSA) is 71.2 Å². The first-order valence-corrected chi connectivity index (χ1v) is 10.6. The van der Waals surface area contributed by atoms with Crippen molar-refractivity contribution in [3.05, 3.63) is 57.4 Å². The molecule has 28 heavy (non-hydrogen) atoms. The zero-order valence-corrected chi connectivity index (χ0v) is 16.7. The van der Waals surface area contributed by atoms with Gasteiger partial charge in [0.05, 0.1) is 5.56 Å². The zero-order valence-electron chi connectivity index (χ0n) is 15.9. The number of amides is 1. The van der Waals surface area contributed by atoms with Gasteiger partial charge in [0.25, 0.3) is 5.91 Å². The van der Waals surface area contributed by atoms with Crippen molar-refractivity contribution in [2.24, 2.45) is 5.92 Å². The molecule has 1 unspecified atom stereocenters. The number of esters is 1. The maximum atomic E-state index is 12.4. The third-order valence-electron chi connectivity index (χ3n) is 5.28. The molecule has 6 heteroatoms. The molecule has 2 heterocycles. The minimum atomic E-state index is -0.464. The molecule has 0 aliphatic heterocycles. The lowest BCUT2D eigenvalue weighted by Gasteiger charge is -2.18. The molecule has 1 amide bonds. The van der Waals surface area contributed by atoms with E-state index in [4.69, 9.17) is 4.74 Å². The standard InChI is InChI=1S/C22H24N2O3S/c1-14-4-6-19-17(11-14)18-12-15(5-7-20(18)24-19)22(26)27-13-21(25)23-9-8-16-3-2-10-28-16/h2-3,5,7,10,12,14,24H,4,6,8-9,11,13H2,1H3,(H,23,25). The van der Waals surface area contributed by atoms with Crippen LogP contribution < -0.4 is 5.32 Å². The third-order valence-corrected chi connectivity index (χ3v) is 6.21. The molecule has 0 fully saturated rings. The van der Waals surface area contributed by atoms with Crippen LogP contribution in [0.25, 0.3) is 10.9 Å². The van der Waals surface area contributed by atoms with Gasteiger partial charge in [-0.1, -0.05) is 13.0 Å². The van der Waals surface area contributed by atoms with Crippen molar-refractivity contribution in [2.45, 2.75) is 32.6 Å². The molecule has 3 aromatic rings. The molecule has 1 aromatic carbocycles. The fourth-order valence-corrected chi connectivity index (χ4v) is 4.47. The van der Waals surface area contributed by atoms with Gasteiger partial charge < -0.3 is 15.0 Å². The Morgan fingerprint density at radius 1 is 1.32 bits per heavy atom. The molecular weight excluding hydrogens is 372 g/mol. The van der Waals surface area contributed by atoms with Gasteiger partial charge in [0.15, 0.2) is 6.61 Å². The van der Waals surface area contributed by atoms with Crippen LogP contribution in [-0.4, -0.2) is 30.0 Å². The third kappa shape index (κ3) is 4.12. The van der Waals surface area contributed by atoms with Crippen LogP contribution in [0.3, 0.4) is 0 Å². The summed E-state index contributed by atoms with van der Waals surface area (Å²) in [4.78, 5) is 29.0. The van der Waals surface area contributed by atoms with Crippen LogP contribution in [0.2, 0.25) is 0 Å². The van der Waals surface area contributed by atoms with Gasteiger partial charge in [-0.3, -0.25) is 4.79 Å². The number of thiophene rings is 1. The minimum absolute atomic E-state index is 0.260. The number of aromatic amines is 1. The van der Waals surface area contributed by atoms with Crippen molar-refractivity contribution < 1.29 is 14.3 Å².